The molecule has 1 aromatic heterocycles. The summed E-state index contributed by atoms with van der Waals surface area (Å²) in [6, 6.07) is 15.8. The summed E-state index contributed by atoms with van der Waals surface area (Å²) in [5.74, 6) is 0. The van der Waals surface area contributed by atoms with Gasteiger partial charge in [0.1, 0.15) is 18.2 Å². The molecule has 3 rings (SSSR count). The predicted molar refractivity (Wildman–Crippen MR) is 108 cm³/mol. The van der Waals surface area contributed by atoms with Gasteiger partial charge in [-0.1, -0.05) is 53.5 Å². The standard InChI is InChI=1S/C20H16Cl2N2OS/c1-24-10-13-2-4-14(5-3-13)11-25-20-16(9-23)17(12-26-20)15-6-7-18(21)19(22)8-15/h2-8,12,24H,10-11H2,1H3. The molecule has 0 aliphatic heterocycles. The first-order valence-corrected chi connectivity index (χ1v) is 9.58. The minimum absolute atomic E-state index is 0.413. The molecule has 0 unspecified atom stereocenters. The zero-order chi connectivity index (χ0) is 18.5. The minimum Gasteiger partial charge on any atom is -0.478 e. The van der Waals surface area contributed by atoms with Crippen LogP contribution in [-0.4, -0.2) is 7.05 Å². The van der Waals surface area contributed by atoms with Crippen LogP contribution in [0.5, 0.6) is 5.06 Å². The highest BCUT2D eigenvalue weighted by atomic mass is 35.5. The highest BCUT2D eigenvalue weighted by molar-refractivity contribution is 7.12. The number of ether oxygens (including phenoxy) is 1. The molecule has 0 atom stereocenters. The fourth-order valence-electron chi connectivity index (χ4n) is 2.53. The smallest absolute Gasteiger partial charge is 0.192 e. The summed E-state index contributed by atoms with van der Waals surface area (Å²) in [5.41, 5.74) is 4.43. The van der Waals surface area contributed by atoms with Gasteiger partial charge in [0.05, 0.1) is 10.0 Å². The van der Waals surface area contributed by atoms with E-state index in [1.165, 1.54) is 16.9 Å². The second kappa shape index (κ2) is 8.57. The second-order valence-electron chi connectivity index (χ2n) is 5.69. The number of hydrogen-bond acceptors (Lipinski definition) is 4. The zero-order valence-corrected chi connectivity index (χ0v) is 16.4. The Morgan fingerprint density at radius 1 is 1.08 bits per heavy atom. The maximum Gasteiger partial charge on any atom is 0.192 e. The SMILES string of the molecule is CNCc1ccc(COc2scc(-c3ccc(Cl)c(Cl)c3)c2C#N)cc1. The van der Waals surface area contributed by atoms with Crippen molar-refractivity contribution in [2.24, 2.45) is 0 Å². The topological polar surface area (TPSA) is 45.0 Å². The monoisotopic (exact) mass is 402 g/mol. The quantitative estimate of drug-likeness (QED) is 0.558. The van der Waals surface area contributed by atoms with Gasteiger partial charge in [0, 0.05) is 17.5 Å². The lowest BCUT2D eigenvalue weighted by molar-refractivity contribution is 0.315. The average molecular weight is 403 g/mol. The van der Waals surface area contributed by atoms with Crippen molar-refractivity contribution in [3.8, 4) is 22.3 Å². The van der Waals surface area contributed by atoms with E-state index in [2.05, 4.69) is 23.5 Å². The molecule has 2 aromatic carbocycles. The minimum atomic E-state index is 0.413. The van der Waals surface area contributed by atoms with E-state index in [0.29, 0.717) is 27.3 Å². The van der Waals surface area contributed by atoms with E-state index >= 15 is 0 Å². The molecule has 0 fully saturated rings. The Bertz CT molecular complexity index is 945. The van der Waals surface area contributed by atoms with Gasteiger partial charge in [0.25, 0.3) is 0 Å². The van der Waals surface area contributed by atoms with Gasteiger partial charge in [-0.25, -0.2) is 0 Å². The van der Waals surface area contributed by atoms with Gasteiger partial charge in [-0.05, 0) is 35.9 Å². The van der Waals surface area contributed by atoms with E-state index in [-0.39, 0.29) is 0 Å². The molecule has 0 spiro atoms. The molecule has 0 amide bonds. The van der Waals surface area contributed by atoms with Crippen LogP contribution >= 0.6 is 34.5 Å². The van der Waals surface area contributed by atoms with Crippen molar-refractivity contribution in [1.29, 1.82) is 5.26 Å². The fraction of sp³-hybridized carbons (Fsp3) is 0.150. The third-order valence-corrected chi connectivity index (χ3v) is 5.50. The Labute approximate surface area is 166 Å². The summed E-state index contributed by atoms with van der Waals surface area (Å²) in [6.07, 6.45) is 0. The molecule has 0 bridgehead atoms. The molecule has 6 heteroatoms. The van der Waals surface area contributed by atoms with Gasteiger partial charge < -0.3 is 10.1 Å². The van der Waals surface area contributed by atoms with Gasteiger partial charge in [-0.2, -0.15) is 5.26 Å². The molecule has 3 nitrogen and oxygen atoms in total. The van der Waals surface area contributed by atoms with Gasteiger partial charge in [-0.3, -0.25) is 0 Å². The lowest BCUT2D eigenvalue weighted by Gasteiger charge is -2.07. The van der Waals surface area contributed by atoms with Crippen molar-refractivity contribution < 1.29 is 4.74 Å². The van der Waals surface area contributed by atoms with Crippen LogP contribution in [0, 0.1) is 11.3 Å². The molecule has 0 radical (unpaired) electrons. The molecular formula is C20H16Cl2N2OS. The first kappa shape index (κ1) is 18.8. The van der Waals surface area contributed by atoms with E-state index in [1.807, 2.05) is 30.6 Å². The van der Waals surface area contributed by atoms with E-state index in [4.69, 9.17) is 27.9 Å². The number of rotatable bonds is 6. The van der Waals surface area contributed by atoms with Crippen molar-refractivity contribution in [3.05, 3.63) is 74.6 Å². The average Bonchev–Trinajstić information content (AvgIpc) is 3.06. The molecule has 0 aliphatic rings. The Morgan fingerprint density at radius 3 is 2.46 bits per heavy atom. The summed E-state index contributed by atoms with van der Waals surface area (Å²) in [7, 11) is 1.92. The van der Waals surface area contributed by atoms with Crippen LogP contribution in [-0.2, 0) is 13.2 Å². The van der Waals surface area contributed by atoms with Crippen LogP contribution < -0.4 is 10.1 Å². The molecular weight excluding hydrogens is 387 g/mol. The van der Waals surface area contributed by atoms with Crippen molar-refractivity contribution >= 4 is 34.5 Å². The maximum absolute atomic E-state index is 9.58. The number of halogens is 2. The molecule has 1 N–H and O–H groups in total. The van der Waals surface area contributed by atoms with E-state index in [9.17, 15) is 5.26 Å². The lowest BCUT2D eigenvalue weighted by atomic mass is 10.1. The van der Waals surface area contributed by atoms with Crippen molar-refractivity contribution in [3.63, 3.8) is 0 Å². The highest BCUT2D eigenvalue weighted by Gasteiger charge is 2.15. The van der Waals surface area contributed by atoms with Gasteiger partial charge in [-0.15, -0.1) is 11.3 Å². The Morgan fingerprint density at radius 2 is 1.81 bits per heavy atom. The Hall–Kier alpha value is -2.03. The first-order chi connectivity index (χ1) is 12.6. The molecule has 3 aromatic rings. The molecule has 0 aliphatic carbocycles. The van der Waals surface area contributed by atoms with Crippen molar-refractivity contribution in [1.82, 2.24) is 5.32 Å². The Kier molecular flexibility index (Phi) is 6.18. The Balaban J connectivity index is 1.78. The largest absolute Gasteiger partial charge is 0.478 e. The number of nitriles is 1. The number of hydrogen-bond donors (Lipinski definition) is 1. The van der Waals surface area contributed by atoms with E-state index < -0.39 is 0 Å². The summed E-state index contributed by atoms with van der Waals surface area (Å²) >= 11 is 13.5. The van der Waals surface area contributed by atoms with Crippen LogP contribution in [0.25, 0.3) is 11.1 Å². The third kappa shape index (κ3) is 4.20. The van der Waals surface area contributed by atoms with E-state index in [1.54, 1.807) is 12.1 Å². The predicted octanol–water partition coefficient (Wildman–Crippen LogP) is 5.89. The molecule has 0 saturated carbocycles. The summed E-state index contributed by atoms with van der Waals surface area (Å²) in [5, 5.41) is 16.2. The summed E-state index contributed by atoms with van der Waals surface area (Å²) in [6.45, 7) is 1.24. The first-order valence-electron chi connectivity index (χ1n) is 7.94. The third-order valence-electron chi connectivity index (χ3n) is 3.87. The van der Waals surface area contributed by atoms with Crippen LogP contribution in [0.2, 0.25) is 10.0 Å². The van der Waals surface area contributed by atoms with Crippen LogP contribution in [0.1, 0.15) is 16.7 Å². The van der Waals surface area contributed by atoms with Gasteiger partial charge in [0.15, 0.2) is 5.06 Å². The highest BCUT2D eigenvalue weighted by Crippen LogP contribution is 2.38. The second-order valence-corrected chi connectivity index (χ2v) is 7.34. The fourth-order valence-corrected chi connectivity index (χ4v) is 3.71. The summed E-state index contributed by atoms with van der Waals surface area (Å²) < 4.78 is 5.89. The molecule has 26 heavy (non-hydrogen) atoms. The molecule has 132 valence electrons. The van der Waals surface area contributed by atoms with Crippen molar-refractivity contribution in [2.45, 2.75) is 13.2 Å². The van der Waals surface area contributed by atoms with Crippen LogP contribution in [0.15, 0.2) is 47.8 Å². The maximum atomic E-state index is 9.58. The van der Waals surface area contributed by atoms with E-state index in [0.717, 1.165) is 23.2 Å². The normalized spacial score (nSPS) is 10.5. The summed E-state index contributed by atoms with van der Waals surface area (Å²) in [4.78, 5) is 0. The van der Waals surface area contributed by atoms with Gasteiger partial charge >= 0.3 is 0 Å². The lowest BCUT2D eigenvalue weighted by Crippen LogP contribution is -2.05. The van der Waals surface area contributed by atoms with Crippen LogP contribution in [0.3, 0.4) is 0 Å². The number of thiophene rings is 1. The number of nitrogens with zero attached hydrogens (tertiary/aromatic N) is 1. The molecule has 0 saturated heterocycles. The molecule has 1 heterocycles. The van der Waals surface area contributed by atoms with Gasteiger partial charge in [0.2, 0.25) is 0 Å². The van der Waals surface area contributed by atoms with Crippen LogP contribution in [0.4, 0.5) is 0 Å². The zero-order valence-electron chi connectivity index (χ0n) is 14.1. The number of nitrogens with one attached hydrogen (secondary N) is 1. The van der Waals surface area contributed by atoms with Crippen molar-refractivity contribution in [2.75, 3.05) is 7.05 Å². The number of benzene rings is 2.